The summed E-state index contributed by atoms with van der Waals surface area (Å²) in [7, 11) is -3.71. The number of ether oxygens (including phenoxy) is 1. The topological polar surface area (TPSA) is 76.2 Å². The fourth-order valence-corrected chi connectivity index (χ4v) is 3.65. The van der Waals surface area contributed by atoms with Crippen LogP contribution >= 0.6 is 0 Å². The van der Waals surface area contributed by atoms with Crippen molar-refractivity contribution in [2.45, 2.75) is 44.6 Å². The molecule has 1 saturated heterocycles. The molecule has 1 aromatic rings. The van der Waals surface area contributed by atoms with Gasteiger partial charge in [-0.25, -0.2) is 4.79 Å². The molecule has 1 heterocycles. The molecule has 0 aromatic heterocycles. The Morgan fingerprint density at radius 2 is 1.67 bits per heavy atom. The van der Waals surface area contributed by atoms with E-state index in [9.17, 15) is 13.2 Å². The highest BCUT2D eigenvalue weighted by molar-refractivity contribution is 7.86. The van der Waals surface area contributed by atoms with E-state index >= 15 is 0 Å². The Bertz CT molecular complexity index is 717. The minimum absolute atomic E-state index is 0.141. The first-order chi connectivity index (χ1) is 12.6. The Morgan fingerprint density at radius 1 is 1.07 bits per heavy atom. The Kier molecular flexibility index (Phi) is 7.25. The maximum Gasteiger partial charge on any atom is 0.410 e. The first kappa shape index (κ1) is 21.7. The van der Waals surface area contributed by atoms with Gasteiger partial charge in [-0.1, -0.05) is 17.7 Å². The van der Waals surface area contributed by atoms with Crippen molar-refractivity contribution in [3.05, 3.63) is 29.8 Å². The number of hydrogen-bond donors (Lipinski definition) is 0. The highest BCUT2D eigenvalue weighted by Gasteiger charge is 2.25. The molecule has 152 valence electrons. The Morgan fingerprint density at radius 3 is 2.22 bits per heavy atom. The third-order valence-corrected chi connectivity index (χ3v) is 5.52. The zero-order valence-corrected chi connectivity index (χ0v) is 17.4. The van der Waals surface area contributed by atoms with E-state index in [-0.39, 0.29) is 17.6 Å². The van der Waals surface area contributed by atoms with Crippen LogP contribution in [0.4, 0.5) is 4.79 Å². The third-order valence-electron chi connectivity index (χ3n) is 4.19. The largest absolute Gasteiger partial charge is 0.444 e. The zero-order chi connectivity index (χ0) is 20.1. The second-order valence-electron chi connectivity index (χ2n) is 7.75. The molecule has 2 rings (SSSR count). The van der Waals surface area contributed by atoms with Crippen LogP contribution in [0.1, 0.15) is 32.8 Å². The second kappa shape index (κ2) is 9.03. The van der Waals surface area contributed by atoms with Crippen LogP contribution in [0.3, 0.4) is 0 Å². The van der Waals surface area contributed by atoms with Crippen molar-refractivity contribution in [3.63, 3.8) is 0 Å². The monoisotopic (exact) mass is 398 g/mol. The lowest BCUT2D eigenvalue weighted by Gasteiger charge is -2.35. The Balaban J connectivity index is 1.68. The number of amides is 1. The van der Waals surface area contributed by atoms with Crippen LogP contribution in [-0.4, -0.2) is 69.2 Å². The average Bonchev–Trinajstić information content (AvgIpc) is 2.58. The van der Waals surface area contributed by atoms with Crippen LogP contribution in [0.25, 0.3) is 0 Å². The molecule has 0 radical (unpaired) electrons. The van der Waals surface area contributed by atoms with Crippen LogP contribution in [0.5, 0.6) is 0 Å². The van der Waals surface area contributed by atoms with Crippen molar-refractivity contribution in [2.75, 3.05) is 39.3 Å². The van der Waals surface area contributed by atoms with E-state index in [1.54, 1.807) is 29.2 Å². The lowest BCUT2D eigenvalue weighted by Crippen LogP contribution is -2.50. The standard InChI is InChI=1S/C19H30N2O5S/c1-16-6-8-17(9-7-16)27(23,24)25-15-5-10-20-11-13-21(14-12-20)18(22)26-19(2,3)4/h6-9H,5,10-15H2,1-4H3. The molecule has 0 unspecified atom stereocenters. The fourth-order valence-electron chi connectivity index (χ4n) is 2.71. The van der Waals surface area contributed by atoms with Crippen molar-refractivity contribution < 1.29 is 22.1 Å². The van der Waals surface area contributed by atoms with Gasteiger partial charge < -0.3 is 9.64 Å². The van der Waals surface area contributed by atoms with E-state index in [1.807, 2.05) is 27.7 Å². The van der Waals surface area contributed by atoms with Crippen LogP contribution in [0, 0.1) is 6.92 Å². The van der Waals surface area contributed by atoms with Crippen molar-refractivity contribution in [2.24, 2.45) is 0 Å². The molecule has 0 saturated carbocycles. The maximum absolute atomic E-state index is 12.1. The molecule has 27 heavy (non-hydrogen) atoms. The van der Waals surface area contributed by atoms with Gasteiger partial charge in [-0.15, -0.1) is 0 Å². The van der Waals surface area contributed by atoms with Crippen molar-refractivity contribution in [3.8, 4) is 0 Å². The van der Waals surface area contributed by atoms with Crippen LogP contribution in [-0.2, 0) is 19.0 Å². The summed E-state index contributed by atoms with van der Waals surface area (Å²) in [6.45, 7) is 11.0. The van der Waals surface area contributed by atoms with E-state index in [0.29, 0.717) is 19.5 Å². The summed E-state index contributed by atoms with van der Waals surface area (Å²) in [5.41, 5.74) is 0.508. The number of carbonyl (C=O) groups excluding carboxylic acids is 1. The average molecular weight is 399 g/mol. The van der Waals surface area contributed by atoms with E-state index in [0.717, 1.165) is 25.2 Å². The lowest BCUT2D eigenvalue weighted by atomic mass is 10.2. The molecule has 0 aliphatic carbocycles. The Hall–Kier alpha value is -1.64. The molecule has 1 amide bonds. The fraction of sp³-hybridized carbons (Fsp3) is 0.632. The molecular weight excluding hydrogens is 368 g/mol. The van der Waals surface area contributed by atoms with E-state index in [1.165, 1.54) is 0 Å². The molecule has 1 aliphatic heterocycles. The van der Waals surface area contributed by atoms with Crippen molar-refractivity contribution in [1.82, 2.24) is 9.80 Å². The summed E-state index contributed by atoms with van der Waals surface area (Å²) in [5, 5.41) is 0. The van der Waals surface area contributed by atoms with Crippen molar-refractivity contribution >= 4 is 16.2 Å². The van der Waals surface area contributed by atoms with Gasteiger partial charge in [0.2, 0.25) is 0 Å². The number of carbonyl (C=O) groups is 1. The van der Waals surface area contributed by atoms with E-state index in [4.69, 9.17) is 8.92 Å². The summed E-state index contributed by atoms with van der Waals surface area (Å²) in [6, 6.07) is 6.61. The predicted octanol–water partition coefficient (Wildman–Crippen LogP) is 2.64. The summed E-state index contributed by atoms with van der Waals surface area (Å²) in [5.74, 6) is 0. The molecule has 1 aliphatic rings. The highest BCUT2D eigenvalue weighted by atomic mass is 32.2. The first-order valence-electron chi connectivity index (χ1n) is 9.23. The quantitative estimate of drug-likeness (QED) is 0.542. The molecule has 0 bridgehead atoms. The molecule has 8 heteroatoms. The number of rotatable bonds is 6. The zero-order valence-electron chi connectivity index (χ0n) is 16.6. The van der Waals surface area contributed by atoms with Crippen LogP contribution in [0.15, 0.2) is 29.2 Å². The Labute approximate surface area is 162 Å². The molecule has 0 spiro atoms. The minimum atomic E-state index is -3.71. The van der Waals surface area contributed by atoms with Gasteiger partial charge in [0.15, 0.2) is 0 Å². The summed E-state index contributed by atoms with van der Waals surface area (Å²) in [6.07, 6.45) is 0.326. The second-order valence-corrected chi connectivity index (χ2v) is 9.37. The van der Waals surface area contributed by atoms with Gasteiger partial charge in [-0.3, -0.25) is 9.08 Å². The number of hydrogen-bond acceptors (Lipinski definition) is 6. The lowest BCUT2D eigenvalue weighted by molar-refractivity contribution is 0.0142. The smallest absolute Gasteiger partial charge is 0.410 e. The maximum atomic E-state index is 12.1. The normalized spacial score (nSPS) is 16.4. The van der Waals surface area contributed by atoms with Gasteiger partial charge in [0, 0.05) is 32.7 Å². The molecule has 1 fully saturated rings. The SMILES string of the molecule is Cc1ccc(S(=O)(=O)OCCCN2CCN(C(=O)OC(C)(C)C)CC2)cc1. The molecule has 7 nitrogen and oxygen atoms in total. The third kappa shape index (κ3) is 7.12. The van der Waals surface area contributed by atoms with Gasteiger partial charge in [-0.05, 0) is 46.2 Å². The number of aryl methyl sites for hydroxylation is 1. The number of benzene rings is 1. The van der Waals surface area contributed by atoms with E-state index in [2.05, 4.69) is 4.90 Å². The molecule has 0 N–H and O–H groups in total. The summed E-state index contributed by atoms with van der Waals surface area (Å²) in [4.78, 5) is 16.1. The highest BCUT2D eigenvalue weighted by Crippen LogP contribution is 2.14. The summed E-state index contributed by atoms with van der Waals surface area (Å²) < 4.78 is 34.8. The predicted molar refractivity (Wildman–Crippen MR) is 103 cm³/mol. The van der Waals surface area contributed by atoms with Gasteiger partial charge in [0.25, 0.3) is 10.1 Å². The van der Waals surface area contributed by atoms with E-state index < -0.39 is 15.7 Å². The number of nitrogens with zero attached hydrogens (tertiary/aromatic N) is 2. The van der Waals surface area contributed by atoms with Crippen molar-refractivity contribution in [1.29, 1.82) is 0 Å². The van der Waals surface area contributed by atoms with Gasteiger partial charge in [-0.2, -0.15) is 8.42 Å². The van der Waals surface area contributed by atoms with Gasteiger partial charge in [0.1, 0.15) is 5.60 Å². The molecule has 0 atom stereocenters. The first-order valence-corrected chi connectivity index (χ1v) is 10.6. The number of piperazine rings is 1. The minimum Gasteiger partial charge on any atom is -0.444 e. The van der Waals surface area contributed by atoms with Crippen LogP contribution in [0.2, 0.25) is 0 Å². The van der Waals surface area contributed by atoms with Gasteiger partial charge in [0.05, 0.1) is 11.5 Å². The van der Waals surface area contributed by atoms with Gasteiger partial charge >= 0.3 is 6.09 Å². The van der Waals surface area contributed by atoms with Crippen LogP contribution < -0.4 is 0 Å². The summed E-state index contributed by atoms with van der Waals surface area (Å²) >= 11 is 0. The molecule has 1 aromatic carbocycles. The molecular formula is C19H30N2O5S.